The van der Waals surface area contributed by atoms with Gasteiger partial charge in [-0.15, -0.1) is 0 Å². The summed E-state index contributed by atoms with van der Waals surface area (Å²) in [4.78, 5) is 0.304. The molecule has 2 heterocycles. The van der Waals surface area contributed by atoms with Crippen LogP contribution >= 0.6 is 0 Å². The number of sulfonamides is 2. The van der Waals surface area contributed by atoms with E-state index >= 15 is 0 Å². The molecule has 3 atom stereocenters. The van der Waals surface area contributed by atoms with Crippen LogP contribution < -0.4 is 4.31 Å². The highest BCUT2D eigenvalue weighted by atomic mass is 32.2. The van der Waals surface area contributed by atoms with E-state index in [9.17, 15) is 16.8 Å². The van der Waals surface area contributed by atoms with Crippen LogP contribution in [0.25, 0.3) is 0 Å². The minimum Gasteiger partial charge on any atom is -0.266 e. The maximum atomic E-state index is 13.6. The minimum atomic E-state index is -3.66. The van der Waals surface area contributed by atoms with Gasteiger partial charge in [0.1, 0.15) is 0 Å². The first-order valence-corrected chi connectivity index (χ1v) is 13.6. The van der Waals surface area contributed by atoms with Crippen LogP contribution in [0.3, 0.4) is 0 Å². The van der Waals surface area contributed by atoms with Gasteiger partial charge in [0.2, 0.25) is 20.0 Å². The summed E-state index contributed by atoms with van der Waals surface area (Å²) >= 11 is 0. The van der Waals surface area contributed by atoms with E-state index in [0.717, 1.165) is 30.4 Å². The van der Waals surface area contributed by atoms with Crippen LogP contribution in [0, 0.1) is 6.92 Å². The molecule has 160 valence electrons. The van der Waals surface area contributed by atoms with E-state index in [-0.39, 0.29) is 12.1 Å². The van der Waals surface area contributed by atoms with E-state index in [1.807, 2.05) is 43.3 Å². The Morgan fingerprint density at radius 2 is 1.60 bits per heavy atom. The molecule has 30 heavy (non-hydrogen) atoms. The molecule has 1 aliphatic carbocycles. The summed E-state index contributed by atoms with van der Waals surface area (Å²) in [7, 11) is -7.13. The summed E-state index contributed by atoms with van der Waals surface area (Å²) in [6, 6.07) is 14.1. The van der Waals surface area contributed by atoms with Crippen molar-refractivity contribution in [3.8, 4) is 0 Å². The van der Waals surface area contributed by atoms with Crippen molar-refractivity contribution >= 4 is 25.7 Å². The van der Waals surface area contributed by atoms with Gasteiger partial charge in [-0.3, -0.25) is 4.31 Å². The van der Waals surface area contributed by atoms with Gasteiger partial charge >= 0.3 is 0 Å². The van der Waals surface area contributed by atoms with Gasteiger partial charge in [0.25, 0.3) is 0 Å². The van der Waals surface area contributed by atoms with Crippen LogP contribution in [0.4, 0.5) is 5.69 Å². The second-order valence-electron chi connectivity index (χ2n) is 8.76. The smallest absolute Gasteiger partial charge is 0.243 e. The predicted octanol–water partition coefficient (Wildman–Crippen LogP) is 3.03. The summed E-state index contributed by atoms with van der Waals surface area (Å²) in [5.41, 5.74) is 2.21. The molecule has 0 bridgehead atoms. The maximum Gasteiger partial charge on any atom is 0.243 e. The Hall–Kier alpha value is -1.90. The van der Waals surface area contributed by atoms with Crippen molar-refractivity contribution in [2.45, 2.75) is 55.0 Å². The fourth-order valence-corrected chi connectivity index (χ4v) is 9.00. The first-order chi connectivity index (χ1) is 14.2. The molecule has 5 rings (SSSR count). The number of hydrogen-bond donors (Lipinski definition) is 0. The van der Waals surface area contributed by atoms with Gasteiger partial charge in [-0.1, -0.05) is 35.9 Å². The van der Waals surface area contributed by atoms with Gasteiger partial charge in [0.05, 0.1) is 22.9 Å². The normalized spacial score (nSPS) is 28.8. The molecular weight excluding hydrogens is 420 g/mol. The van der Waals surface area contributed by atoms with Crippen LogP contribution in [0.15, 0.2) is 53.4 Å². The quantitative estimate of drug-likeness (QED) is 0.726. The third-order valence-corrected chi connectivity index (χ3v) is 10.2. The van der Waals surface area contributed by atoms with Crippen molar-refractivity contribution in [3.05, 3.63) is 59.7 Å². The predicted molar refractivity (Wildman–Crippen MR) is 117 cm³/mol. The first-order valence-electron chi connectivity index (χ1n) is 10.3. The first kappa shape index (κ1) is 20.0. The Morgan fingerprint density at radius 3 is 2.30 bits per heavy atom. The lowest BCUT2D eigenvalue weighted by Crippen LogP contribution is -2.56. The number of fused-ring (bicyclic) bond motifs is 1. The fourth-order valence-electron chi connectivity index (χ4n) is 6.02. The van der Waals surface area contributed by atoms with E-state index in [0.29, 0.717) is 23.5 Å². The van der Waals surface area contributed by atoms with Gasteiger partial charge < -0.3 is 0 Å². The number of rotatable bonds is 3. The Balaban J connectivity index is 1.65. The Morgan fingerprint density at radius 1 is 0.933 bits per heavy atom. The zero-order valence-electron chi connectivity index (χ0n) is 17.2. The molecular formula is C22H26N2O4S2. The molecule has 1 saturated carbocycles. The molecule has 3 aliphatic rings. The Labute approximate surface area is 178 Å². The molecule has 0 N–H and O–H groups in total. The Bertz CT molecular complexity index is 1210. The Kier molecular flexibility index (Phi) is 4.37. The van der Waals surface area contributed by atoms with Crippen LogP contribution in [0.5, 0.6) is 0 Å². The molecule has 2 aromatic rings. The standard InChI is InChI=1S/C22H26N2O4S2/c1-16-10-12-17(13-11-16)30(27,28)23-15-14-22-18-6-3-4-7-19(18)24(29(2,25)26)21(22)9-5-8-20(22)23/h3-4,6-7,10-13,20-21H,5,8-9,14-15H2,1-2H3/t20-,21-,22+/m0/s1. The number of anilines is 1. The summed E-state index contributed by atoms with van der Waals surface area (Å²) < 4.78 is 55.9. The van der Waals surface area contributed by atoms with Gasteiger partial charge in [-0.05, 0) is 56.4 Å². The largest absolute Gasteiger partial charge is 0.266 e. The van der Waals surface area contributed by atoms with Gasteiger partial charge in [-0.2, -0.15) is 4.31 Å². The maximum absolute atomic E-state index is 13.6. The molecule has 1 saturated heterocycles. The molecule has 2 aliphatic heterocycles. The van der Waals surface area contributed by atoms with Gasteiger partial charge in [0.15, 0.2) is 0 Å². The lowest BCUT2D eigenvalue weighted by Gasteiger charge is -2.45. The van der Waals surface area contributed by atoms with Crippen molar-refractivity contribution < 1.29 is 16.8 Å². The van der Waals surface area contributed by atoms with E-state index < -0.39 is 25.5 Å². The molecule has 0 unspecified atom stereocenters. The highest BCUT2D eigenvalue weighted by Gasteiger charge is 2.64. The molecule has 6 nitrogen and oxygen atoms in total. The lowest BCUT2D eigenvalue weighted by atomic mass is 9.65. The highest BCUT2D eigenvalue weighted by molar-refractivity contribution is 7.92. The van der Waals surface area contributed by atoms with Crippen molar-refractivity contribution in [2.24, 2.45) is 0 Å². The monoisotopic (exact) mass is 446 g/mol. The SMILES string of the molecule is Cc1ccc(S(=O)(=O)N2CC[C@]34c5ccccc5N(S(C)(=O)=O)[C@H]3CCC[C@H]24)cc1. The summed E-state index contributed by atoms with van der Waals surface area (Å²) in [6.45, 7) is 2.34. The summed E-state index contributed by atoms with van der Waals surface area (Å²) in [5, 5.41) is 0. The van der Waals surface area contributed by atoms with Crippen molar-refractivity contribution in [1.29, 1.82) is 0 Å². The van der Waals surface area contributed by atoms with Crippen LogP contribution in [-0.2, 0) is 25.5 Å². The third kappa shape index (κ3) is 2.63. The number of para-hydroxylation sites is 1. The average Bonchev–Trinajstić information content (AvgIpc) is 3.23. The van der Waals surface area contributed by atoms with Crippen LogP contribution in [-0.4, -0.2) is 46.0 Å². The molecule has 1 spiro atoms. The van der Waals surface area contributed by atoms with E-state index in [1.54, 1.807) is 20.7 Å². The summed E-state index contributed by atoms with van der Waals surface area (Å²) in [5.74, 6) is 0. The zero-order valence-corrected chi connectivity index (χ0v) is 18.8. The van der Waals surface area contributed by atoms with E-state index in [4.69, 9.17) is 0 Å². The van der Waals surface area contributed by atoms with Gasteiger partial charge in [0, 0.05) is 18.0 Å². The topological polar surface area (TPSA) is 74.8 Å². The molecule has 0 aromatic heterocycles. The zero-order chi connectivity index (χ0) is 21.3. The van der Waals surface area contributed by atoms with Crippen molar-refractivity contribution in [3.63, 3.8) is 0 Å². The summed E-state index contributed by atoms with van der Waals surface area (Å²) in [6.07, 6.45) is 4.18. The highest BCUT2D eigenvalue weighted by Crippen LogP contribution is 2.59. The second-order valence-corrected chi connectivity index (χ2v) is 12.5. The van der Waals surface area contributed by atoms with Gasteiger partial charge in [-0.25, -0.2) is 16.8 Å². The van der Waals surface area contributed by atoms with E-state index in [1.165, 1.54) is 6.26 Å². The molecule has 2 fully saturated rings. The molecule has 0 radical (unpaired) electrons. The molecule has 0 amide bonds. The van der Waals surface area contributed by atoms with Crippen LogP contribution in [0.1, 0.15) is 36.8 Å². The van der Waals surface area contributed by atoms with Crippen LogP contribution in [0.2, 0.25) is 0 Å². The molecule has 8 heteroatoms. The number of aryl methyl sites for hydroxylation is 1. The fraction of sp³-hybridized carbons (Fsp3) is 0.455. The minimum absolute atomic E-state index is 0.234. The van der Waals surface area contributed by atoms with Crippen molar-refractivity contribution in [1.82, 2.24) is 4.31 Å². The lowest BCUT2D eigenvalue weighted by molar-refractivity contribution is 0.204. The second kappa shape index (κ2) is 6.55. The third-order valence-electron chi connectivity index (χ3n) is 7.15. The number of benzene rings is 2. The average molecular weight is 447 g/mol. The number of nitrogens with zero attached hydrogens (tertiary/aromatic N) is 2. The van der Waals surface area contributed by atoms with Crippen molar-refractivity contribution in [2.75, 3.05) is 17.1 Å². The van der Waals surface area contributed by atoms with E-state index in [2.05, 4.69) is 0 Å². The number of hydrogen-bond acceptors (Lipinski definition) is 4. The molecule has 2 aromatic carbocycles.